The molecule has 1 heterocycles. The third kappa shape index (κ3) is 4.10. The van der Waals surface area contributed by atoms with Crippen LogP contribution in [0.1, 0.15) is 57.8 Å². The Hall–Kier alpha value is -0.350. The third-order valence-electron chi connectivity index (χ3n) is 5.01. The Morgan fingerprint density at radius 3 is 2.48 bits per heavy atom. The Morgan fingerprint density at radius 1 is 1.29 bits per heavy atom. The summed E-state index contributed by atoms with van der Waals surface area (Å²) in [6.45, 7) is 7.83. The molecule has 1 fully saturated rings. The average molecular weight is 356 g/mol. The molecule has 0 saturated heterocycles. The van der Waals surface area contributed by atoms with E-state index in [9.17, 15) is 0 Å². The topological polar surface area (TPSA) is 29.9 Å². The minimum absolute atomic E-state index is 0.582. The van der Waals surface area contributed by atoms with E-state index in [2.05, 4.69) is 58.8 Å². The number of aromatic nitrogens is 2. The first-order valence-electron chi connectivity index (χ1n) is 8.50. The van der Waals surface area contributed by atoms with Gasteiger partial charge in [0.1, 0.15) is 0 Å². The molecule has 4 heteroatoms. The first-order valence-corrected chi connectivity index (χ1v) is 9.29. The highest BCUT2D eigenvalue weighted by Crippen LogP contribution is 2.33. The number of rotatable bonds is 6. The average Bonchev–Trinajstić information content (AvgIpc) is 2.75. The SMILES string of the molecule is CCNC(Cc1c(Br)c(CC)nn1C)C1CCC(C)CC1. The quantitative estimate of drug-likeness (QED) is 0.832. The van der Waals surface area contributed by atoms with Gasteiger partial charge in [-0.2, -0.15) is 5.10 Å². The van der Waals surface area contributed by atoms with Gasteiger partial charge in [0.25, 0.3) is 0 Å². The maximum Gasteiger partial charge on any atom is 0.0766 e. The van der Waals surface area contributed by atoms with Gasteiger partial charge in [-0.15, -0.1) is 0 Å². The van der Waals surface area contributed by atoms with Crippen LogP contribution in [0.15, 0.2) is 4.47 Å². The van der Waals surface area contributed by atoms with E-state index >= 15 is 0 Å². The van der Waals surface area contributed by atoms with Crippen molar-refractivity contribution in [3.05, 3.63) is 15.9 Å². The van der Waals surface area contributed by atoms with Gasteiger partial charge >= 0.3 is 0 Å². The van der Waals surface area contributed by atoms with Crippen LogP contribution < -0.4 is 5.32 Å². The molecule has 1 aromatic rings. The van der Waals surface area contributed by atoms with E-state index < -0.39 is 0 Å². The molecule has 0 bridgehead atoms. The van der Waals surface area contributed by atoms with E-state index in [0.717, 1.165) is 31.2 Å². The summed E-state index contributed by atoms with van der Waals surface area (Å²) >= 11 is 3.76. The Kier molecular flexibility index (Phi) is 6.30. The second-order valence-corrected chi connectivity index (χ2v) is 7.37. The lowest BCUT2D eigenvalue weighted by Gasteiger charge is -2.33. The predicted octanol–water partition coefficient (Wildman–Crippen LogP) is 4.09. The van der Waals surface area contributed by atoms with Crippen LogP contribution in [-0.2, 0) is 19.9 Å². The smallest absolute Gasteiger partial charge is 0.0766 e. The van der Waals surface area contributed by atoms with Gasteiger partial charge in [-0.25, -0.2) is 0 Å². The van der Waals surface area contributed by atoms with Gasteiger partial charge in [-0.05, 0) is 53.6 Å². The molecule has 1 unspecified atom stereocenters. The molecule has 0 aliphatic heterocycles. The third-order valence-corrected chi connectivity index (χ3v) is 5.93. The van der Waals surface area contributed by atoms with Gasteiger partial charge in [0.2, 0.25) is 0 Å². The van der Waals surface area contributed by atoms with Crippen molar-refractivity contribution in [2.24, 2.45) is 18.9 Å². The van der Waals surface area contributed by atoms with E-state index in [1.54, 1.807) is 0 Å². The van der Waals surface area contributed by atoms with Crippen molar-refractivity contribution in [1.29, 1.82) is 0 Å². The molecule has 1 saturated carbocycles. The number of hydrogen-bond donors (Lipinski definition) is 1. The van der Waals surface area contributed by atoms with Gasteiger partial charge in [-0.3, -0.25) is 4.68 Å². The molecule has 0 spiro atoms. The standard InChI is InChI=1S/C17H30BrN3/c1-5-14-17(18)16(21(4)20-14)11-15(19-6-2)13-9-7-12(3)8-10-13/h12-13,15,19H,5-11H2,1-4H3. The number of aryl methyl sites for hydroxylation is 2. The van der Waals surface area contributed by atoms with Gasteiger partial charge < -0.3 is 5.32 Å². The van der Waals surface area contributed by atoms with E-state index in [1.807, 2.05) is 0 Å². The molecular weight excluding hydrogens is 326 g/mol. The maximum atomic E-state index is 4.64. The lowest BCUT2D eigenvalue weighted by Crippen LogP contribution is -2.40. The molecule has 1 atom stereocenters. The number of nitrogens with zero attached hydrogens (tertiary/aromatic N) is 2. The van der Waals surface area contributed by atoms with Gasteiger partial charge in [0, 0.05) is 19.5 Å². The maximum absolute atomic E-state index is 4.64. The number of hydrogen-bond acceptors (Lipinski definition) is 2. The van der Waals surface area contributed by atoms with Crippen LogP contribution in [0.25, 0.3) is 0 Å². The zero-order chi connectivity index (χ0) is 15.4. The number of likely N-dealkylation sites (N-methyl/N-ethyl adjacent to an activating group) is 1. The molecule has 1 N–H and O–H groups in total. The summed E-state index contributed by atoms with van der Waals surface area (Å²) in [5.41, 5.74) is 2.52. The van der Waals surface area contributed by atoms with Crippen molar-refractivity contribution >= 4 is 15.9 Å². The monoisotopic (exact) mass is 355 g/mol. The Balaban J connectivity index is 2.11. The molecular formula is C17H30BrN3. The summed E-state index contributed by atoms with van der Waals surface area (Å²) in [6, 6.07) is 0.582. The van der Waals surface area contributed by atoms with Crippen LogP contribution in [0.5, 0.6) is 0 Å². The van der Waals surface area contributed by atoms with E-state index in [1.165, 1.54) is 41.5 Å². The van der Waals surface area contributed by atoms with Crippen LogP contribution in [0, 0.1) is 11.8 Å². The summed E-state index contributed by atoms with van der Waals surface area (Å²) in [6.07, 6.45) is 7.58. The second-order valence-electron chi connectivity index (χ2n) is 6.57. The summed E-state index contributed by atoms with van der Waals surface area (Å²) < 4.78 is 3.29. The molecule has 21 heavy (non-hydrogen) atoms. The lowest BCUT2D eigenvalue weighted by atomic mass is 9.78. The summed E-state index contributed by atoms with van der Waals surface area (Å²) in [5.74, 6) is 1.73. The van der Waals surface area contributed by atoms with E-state index in [4.69, 9.17) is 0 Å². The number of halogens is 1. The highest BCUT2D eigenvalue weighted by Gasteiger charge is 2.27. The Bertz CT molecular complexity index is 447. The molecule has 2 rings (SSSR count). The van der Waals surface area contributed by atoms with Crippen molar-refractivity contribution in [2.75, 3.05) is 6.54 Å². The summed E-state index contributed by atoms with van der Waals surface area (Å²) in [4.78, 5) is 0. The van der Waals surface area contributed by atoms with Gasteiger partial charge in [0.05, 0.1) is 15.9 Å². The van der Waals surface area contributed by atoms with Crippen molar-refractivity contribution < 1.29 is 0 Å². The van der Waals surface area contributed by atoms with Gasteiger partial charge in [0.15, 0.2) is 0 Å². The molecule has 1 aromatic heterocycles. The molecule has 0 amide bonds. The highest BCUT2D eigenvalue weighted by molar-refractivity contribution is 9.10. The van der Waals surface area contributed by atoms with Crippen LogP contribution in [0.2, 0.25) is 0 Å². The molecule has 1 aliphatic carbocycles. The molecule has 3 nitrogen and oxygen atoms in total. The minimum Gasteiger partial charge on any atom is -0.314 e. The fourth-order valence-corrected chi connectivity index (χ4v) is 4.38. The van der Waals surface area contributed by atoms with Crippen molar-refractivity contribution in [2.45, 2.75) is 65.3 Å². The predicted molar refractivity (Wildman–Crippen MR) is 92.6 cm³/mol. The van der Waals surface area contributed by atoms with Crippen LogP contribution in [0.4, 0.5) is 0 Å². The second kappa shape index (κ2) is 7.77. The first-order chi connectivity index (χ1) is 10.1. The molecule has 1 aliphatic rings. The minimum atomic E-state index is 0.582. The van der Waals surface area contributed by atoms with E-state index in [-0.39, 0.29) is 0 Å². The van der Waals surface area contributed by atoms with Crippen molar-refractivity contribution in [3.63, 3.8) is 0 Å². The Morgan fingerprint density at radius 2 is 1.95 bits per heavy atom. The first kappa shape index (κ1) is 17.0. The van der Waals surface area contributed by atoms with E-state index in [0.29, 0.717) is 6.04 Å². The zero-order valence-corrected chi connectivity index (χ0v) is 15.5. The highest BCUT2D eigenvalue weighted by atomic mass is 79.9. The Labute approximate surface area is 138 Å². The normalized spacial score (nSPS) is 24.2. The van der Waals surface area contributed by atoms with Crippen LogP contribution in [0.3, 0.4) is 0 Å². The fraction of sp³-hybridized carbons (Fsp3) is 0.824. The molecule has 0 aromatic carbocycles. The van der Waals surface area contributed by atoms with Crippen molar-refractivity contribution in [1.82, 2.24) is 15.1 Å². The fourth-order valence-electron chi connectivity index (χ4n) is 3.61. The van der Waals surface area contributed by atoms with Gasteiger partial charge in [-0.1, -0.05) is 33.6 Å². The number of nitrogens with one attached hydrogen (secondary N) is 1. The summed E-state index contributed by atoms with van der Waals surface area (Å²) in [5, 5.41) is 8.38. The van der Waals surface area contributed by atoms with Crippen LogP contribution in [-0.4, -0.2) is 22.4 Å². The summed E-state index contributed by atoms with van der Waals surface area (Å²) in [7, 11) is 2.07. The molecule has 120 valence electrons. The zero-order valence-electron chi connectivity index (χ0n) is 14.0. The largest absolute Gasteiger partial charge is 0.314 e. The van der Waals surface area contributed by atoms with Crippen LogP contribution >= 0.6 is 15.9 Å². The molecule has 0 radical (unpaired) electrons. The van der Waals surface area contributed by atoms with Crippen molar-refractivity contribution in [3.8, 4) is 0 Å². The lowest BCUT2D eigenvalue weighted by molar-refractivity contribution is 0.228.